The van der Waals surface area contributed by atoms with Crippen LogP contribution in [0.15, 0.2) is 36.5 Å². The highest BCUT2D eigenvalue weighted by Gasteiger charge is 2.18. The summed E-state index contributed by atoms with van der Waals surface area (Å²) in [6.07, 6.45) is 1.40. The Balaban J connectivity index is 0.000000444. The quantitative estimate of drug-likeness (QED) is 0.729. The van der Waals surface area contributed by atoms with Gasteiger partial charge in [0.25, 0.3) is 0 Å². The Kier molecular flexibility index (Phi) is 5.08. The number of hydrogen-bond donors (Lipinski definition) is 0. The first-order valence-corrected chi connectivity index (χ1v) is 6.47. The van der Waals surface area contributed by atoms with E-state index < -0.39 is 5.60 Å². The Bertz CT molecular complexity index is 601. The number of fused-ring (bicyclic) bond motifs is 1. The number of ether oxygens (including phenoxy) is 1. The first kappa shape index (κ1) is 16.0. The lowest BCUT2D eigenvalue weighted by atomic mass is 10.2. The number of aromatic nitrogens is 1. The zero-order chi connectivity index (χ0) is 15.3. The van der Waals surface area contributed by atoms with Crippen molar-refractivity contribution in [2.45, 2.75) is 40.2 Å². The van der Waals surface area contributed by atoms with Gasteiger partial charge in [0.15, 0.2) is 0 Å². The van der Waals surface area contributed by atoms with E-state index in [0.717, 1.165) is 10.9 Å². The van der Waals surface area contributed by atoms with E-state index in [-0.39, 0.29) is 11.9 Å². The Morgan fingerprint density at radius 1 is 1.05 bits per heavy atom. The molecule has 1 aromatic carbocycles. The van der Waals surface area contributed by atoms with Crippen molar-refractivity contribution in [1.29, 1.82) is 0 Å². The van der Waals surface area contributed by atoms with Gasteiger partial charge in [-0.1, -0.05) is 18.2 Å². The Labute approximate surface area is 119 Å². The highest BCUT2D eigenvalue weighted by atomic mass is 16.6. The van der Waals surface area contributed by atoms with Gasteiger partial charge < -0.3 is 9.53 Å². The van der Waals surface area contributed by atoms with Crippen molar-refractivity contribution in [3.8, 4) is 0 Å². The summed E-state index contributed by atoms with van der Waals surface area (Å²) in [5, 5.41) is 1.04. The van der Waals surface area contributed by atoms with Crippen LogP contribution in [0.4, 0.5) is 4.79 Å². The Hall–Kier alpha value is -2.10. The third-order valence-electron chi connectivity index (χ3n) is 2.19. The number of Topliss-reactive ketones (excluding diaryl/α,β-unsaturated/α-hetero) is 1. The number of benzene rings is 1. The second-order valence-corrected chi connectivity index (χ2v) is 5.63. The summed E-state index contributed by atoms with van der Waals surface area (Å²) in [6, 6.07) is 9.62. The van der Waals surface area contributed by atoms with Gasteiger partial charge in [-0.3, -0.25) is 4.57 Å². The largest absolute Gasteiger partial charge is 0.443 e. The molecule has 0 spiro atoms. The molecule has 2 rings (SSSR count). The number of nitrogens with zero attached hydrogens (tertiary/aromatic N) is 1. The van der Waals surface area contributed by atoms with Crippen molar-refractivity contribution in [2.75, 3.05) is 0 Å². The van der Waals surface area contributed by atoms with Crippen LogP contribution in [0.1, 0.15) is 34.6 Å². The maximum absolute atomic E-state index is 11.9. The minimum absolute atomic E-state index is 0.167. The summed E-state index contributed by atoms with van der Waals surface area (Å²) in [6.45, 7) is 8.63. The van der Waals surface area contributed by atoms with Crippen molar-refractivity contribution in [3.05, 3.63) is 36.5 Å². The summed E-state index contributed by atoms with van der Waals surface area (Å²) >= 11 is 0. The van der Waals surface area contributed by atoms with Gasteiger partial charge in [0.05, 0.1) is 5.52 Å². The summed E-state index contributed by atoms with van der Waals surface area (Å²) < 4.78 is 6.84. The monoisotopic (exact) mass is 275 g/mol. The van der Waals surface area contributed by atoms with E-state index in [2.05, 4.69) is 0 Å². The number of carbonyl (C=O) groups is 2. The predicted octanol–water partition coefficient (Wildman–Crippen LogP) is 4.02. The minimum Gasteiger partial charge on any atom is -0.443 e. The van der Waals surface area contributed by atoms with E-state index in [0.29, 0.717) is 0 Å². The summed E-state index contributed by atoms with van der Waals surface area (Å²) in [4.78, 5) is 21.3. The average Bonchev–Trinajstić information content (AvgIpc) is 2.69. The molecular weight excluding hydrogens is 254 g/mol. The molecule has 0 unspecified atom stereocenters. The average molecular weight is 275 g/mol. The third-order valence-corrected chi connectivity index (χ3v) is 2.19. The highest BCUT2D eigenvalue weighted by Crippen LogP contribution is 2.17. The number of ketones is 1. The first-order chi connectivity index (χ1) is 9.20. The molecule has 1 aromatic heterocycles. The second kappa shape index (κ2) is 6.37. The van der Waals surface area contributed by atoms with Gasteiger partial charge in [0.1, 0.15) is 11.4 Å². The predicted molar refractivity (Wildman–Crippen MR) is 79.9 cm³/mol. The van der Waals surface area contributed by atoms with Gasteiger partial charge in [-0.25, -0.2) is 4.79 Å². The number of hydrogen-bond acceptors (Lipinski definition) is 3. The van der Waals surface area contributed by atoms with Gasteiger partial charge in [0, 0.05) is 11.6 Å². The molecule has 0 aliphatic rings. The Morgan fingerprint density at radius 2 is 1.60 bits per heavy atom. The van der Waals surface area contributed by atoms with E-state index in [1.54, 1.807) is 6.20 Å². The van der Waals surface area contributed by atoms with Gasteiger partial charge in [-0.15, -0.1) is 0 Å². The molecule has 4 heteroatoms. The molecule has 0 bridgehead atoms. The van der Waals surface area contributed by atoms with Gasteiger partial charge >= 0.3 is 6.09 Å². The molecule has 108 valence electrons. The van der Waals surface area contributed by atoms with Crippen LogP contribution in [0.5, 0.6) is 0 Å². The van der Waals surface area contributed by atoms with E-state index in [9.17, 15) is 9.59 Å². The summed E-state index contributed by atoms with van der Waals surface area (Å²) in [7, 11) is 0. The molecule has 0 fully saturated rings. The molecule has 2 aromatic rings. The number of para-hydroxylation sites is 1. The molecule has 0 atom stereocenters. The fourth-order valence-electron chi connectivity index (χ4n) is 1.55. The zero-order valence-corrected chi connectivity index (χ0v) is 12.6. The van der Waals surface area contributed by atoms with Gasteiger partial charge in [0.2, 0.25) is 0 Å². The van der Waals surface area contributed by atoms with Gasteiger partial charge in [-0.05, 0) is 46.8 Å². The summed E-state index contributed by atoms with van der Waals surface area (Å²) in [5.41, 5.74) is 0.402. The molecule has 0 N–H and O–H groups in total. The lowest BCUT2D eigenvalue weighted by Crippen LogP contribution is -2.26. The van der Waals surface area contributed by atoms with Crippen molar-refractivity contribution in [2.24, 2.45) is 0 Å². The standard InChI is InChI=1S/C13H15NO2.C3H6O/c1-13(2,3)16-12(15)14-9-8-10-6-4-5-7-11(10)14;1-3(2)4/h4-9H,1-3H3;1-2H3. The second-order valence-electron chi connectivity index (χ2n) is 5.63. The van der Waals surface area contributed by atoms with Crippen LogP contribution < -0.4 is 0 Å². The van der Waals surface area contributed by atoms with Crippen molar-refractivity contribution in [3.63, 3.8) is 0 Å². The lowest BCUT2D eigenvalue weighted by Gasteiger charge is -2.19. The van der Waals surface area contributed by atoms with Crippen molar-refractivity contribution >= 4 is 22.8 Å². The summed E-state index contributed by atoms with van der Waals surface area (Å²) in [5.74, 6) is 0.167. The first-order valence-electron chi connectivity index (χ1n) is 6.47. The van der Waals surface area contributed by atoms with Crippen LogP contribution in [-0.2, 0) is 9.53 Å². The van der Waals surface area contributed by atoms with E-state index >= 15 is 0 Å². The van der Waals surface area contributed by atoms with Crippen molar-refractivity contribution in [1.82, 2.24) is 4.57 Å². The van der Waals surface area contributed by atoms with Crippen LogP contribution in [0.3, 0.4) is 0 Å². The molecule has 0 radical (unpaired) electrons. The molecule has 0 amide bonds. The van der Waals surface area contributed by atoms with Gasteiger partial charge in [-0.2, -0.15) is 0 Å². The number of rotatable bonds is 0. The SMILES string of the molecule is CC(C)(C)OC(=O)n1ccc2ccccc21.CC(C)=O. The maximum atomic E-state index is 11.9. The Morgan fingerprint density at radius 3 is 2.15 bits per heavy atom. The fraction of sp³-hybridized carbons (Fsp3) is 0.375. The van der Waals surface area contributed by atoms with Crippen LogP contribution in [0.2, 0.25) is 0 Å². The van der Waals surface area contributed by atoms with E-state index in [1.807, 2.05) is 51.1 Å². The van der Waals surface area contributed by atoms with Crippen LogP contribution in [-0.4, -0.2) is 22.0 Å². The van der Waals surface area contributed by atoms with E-state index in [4.69, 9.17) is 4.74 Å². The topological polar surface area (TPSA) is 48.3 Å². The smallest absolute Gasteiger partial charge is 0.418 e. The van der Waals surface area contributed by atoms with E-state index in [1.165, 1.54) is 18.4 Å². The molecule has 0 aliphatic carbocycles. The third kappa shape index (κ3) is 4.88. The lowest BCUT2D eigenvalue weighted by molar-refractivity contribution is -0.115. The molecular formula is C16H21NO3. The normalized spacial score (nSPS) is 10.7. The molecule has 0 saturated heterocycles. The van der Waals surface area contributed by atoms with Crippen LogP contribution >= 0.6 is 0 Å². The molecule has 0 saturated carbocycles. The fourth-order valence-corrected chi connectivity index (χ4v) is 1.55. The molecule has 1 heterocycles. The molecule has 0 aliphatic heterocycles. The minimum atomic E-state index is -0.470. The van der Waals surface area contributed by atoms with Crippen molar-refractivity contribution < 1.29 is 14.3 Å². The highest BCUT2D eigenvalue weighted by molar-refractivity contribution is 5.89. The zero-order valence-electron chi connectivity index (χ0n) is 12.6. The van der Waals surface area contributed by atoms with Crippen LogP contribution in [0.25, 0.3) is 10.9 Å². The van der Waals surface area contributed by atoms with Crippen LogP contribution in [0, 0.1) is 0 Å². The maximum Gasteiger partial charge on any atom is 0.418 e. The molecule has 20 heavy (non-hydrogen) atoms. The molecule has 4 nitrogen and oxygen atoms in total. The number of carbonyl (C=O) groups excluding carboxylic acids is 2.